The number of aliphatic hydroxyl groups excluding tert-OH is 2. The molecule has 0 aliphatic rings. The molecular weight excluding hydrogens is 284 g/mol. The molecular formula is C15H22N4O3. The molecule has 2 rings (SSSR count). The van der Waals surface area contributed by atoms with Gasteiger partial charge in [0.25, 0.3) is 0 Å². The van der Waals surface area contributed by atoms with Crippen molar-refractivity contribution in [1.82, 2.24) is 15.0 Å². The number of aromatic nitrogens is 3. The molecule has 0 saturated heterocycles. The highest BCUT2D eigenvalue weighted by Crippen LogP contribution is 2.12. The molecule has 7 nitrogen and oxygen atoms in total. The smallest absolute Gasteiger partial charge is 0.119 e. The average Bonchev–Trinajstić information content (AvgIpc) is 2.94. The van der Waals surface area contributed by atoms with Crippen LogP contribution in [0.15, 0.2) is 30.3 Å². The van der Waals surface area contributed by atoms with Crippen LogP contribution in [-0.2, 0) is 19.5 Å². The van der Waals surface area contributed by atoms with Crippen LogP contribution in [0.5, 0.6) is 5.75 Å². The van der Waals surface area contributed by atoms with E-state index in [4.69, 9.17) is 15.6 Å². The van der Waals surface area contributed by atoms with Gasteiger partial charge in [-0.3, -0.25) is 0 Å². The maximum Gasteiger partial charge on any atom is 0.119 e. The van der Waals surface area contributed by atoms with E-state index in [1.165, 1.54) is 0 Å². The third-order valence-corrected chi connectivity index (χ3v) is 3.28. The van der Waals surface area contributed by atoms with Crippen molar-refractivity contribution in [2.75, 3.05) is 13.2 Å². The number of aliphatic hydroxyl groups is 2. The van der Waals surface area contributed by atoms with E-state index in [0.29, 0.717) is 25.3 Å². The monoisotopic (exact) mass is 306 g/mol. The average molecular weight is 306 g/mol. The Morgan fingerprint density at radius 1 is 1.27 bits per heavy atom. The van der Waals surface area contributed by atoms with Gasteiger partial charge in [0, 0.05) is 6.54 Å². The molecule has 1 heterocycles. The third kappa shape index (κ3) is 4.52. The molecule has 0 radical (unpaired) electrons. The van der Waals surface area contributed by atoms with E-state index in [-0.39, 0.29) is 13.2 Å². The second kappa shape index (κ2) is 8.47. The Bertz CT molecular complexity index is 559. The van der Waals surface area contributed by atoms with Crippen molar-refractivity contribution in [2.45, 2.75) is 32.0 Å². The number of nitrogens with two attached hydrogens (primary N) is 1. The zero-order valence-corrected chi connectivity index (χ0v) is 12.4. The summed E-state index contributed by atoms with van der Waals surface area (Å²) >= 11 is 0. The quantitative estimate of drug-likeness (QED) is 0.567. The third-order valence-electron chi connectivity index (χ3n) is 3.28. The van der Waals surface area contributed by atoms with Crippen LogP contribution in [0.25, 0.3) is 0 Å². The lowest BCUT2D eigenvalue weighted by Crippen LogP contribution is -2.22. The fraction of sp³-hybridized carbons (Fsp3) is 0.467. The molecule has 0 spiro atoms. The summed E-state index contributed by atoms with van der Waals surface area (Å²) in [5.41, 5.74) is 7.26. The highest BCUT2D eigenvalue weighted by atomic mass is 16.5. The summed E-state index contributed by atoms with van der Waals surface area (Å²) in [5.74, 6) is 0.837. The Kier molecular flexibility index (Phi) is 6.32. The zero-order valence-electron chi connectivity index (χ0n) is 12.4. The number of para-hydroxylation sites is 1. The van der Waals surface area contributed by atoms with Crippen LogP contribution in [-0.4, -0.2) is 44.5 Å². The predicted octanol–water partition coefficient (Wildman–Crippen LogP) is 0.102. The van der Waals surface area contributed by atoms with Gasteiger partial charge in [-0.25, -0.2) is 4.68 Å². The Morgan fingerprint density at radius 2 is 2.05 bits per heavy atom. The molecule has 0 aliphatic carbocycles. The van der Waals surface area contributed by atoms with Crippen molar-refractivity contribution in [3.05, 3.63) is 41.7 Å². The summed E-state index contributed by atoms with van der Waals surface area (Å²) in [6.45, 7) is 0.763. The van der Waals surface area contributed by atoms with Crippen LogP contribution in [0.3, 0.4) is 0 Å². The fourth-order valence-corrected chi connectivity index (χ4v) is 2.15. The molecule has 22 heavy (non-hydrogen) atoms. The standard InChI is InChI=1S/C15H22N4O3/c16-9-14-15(19(18-17-14)10-12(21)11-20)7-4-8-22-13-5-2-1-3-6-13/h1-3,5-6,12,20-21H,4,7-11,16H2. The summed E-state index contributed by atoms with van der Waals surface area (Å²) in [6, 6.07) is 9.62. The highest BCUT2D eigenvalue weighted by Gasteiger charge is 2.14. The zero-order chi connectivity index (χ0) is 15.8. The van der Waals surface area contributed by atoms with E-state index in [0.717, 1.165) is 17.9 Å². The minimum Gasteiger partial charge on any atom is -0.494 e. The number of ether oxygens (including phenoxy) is 1. The maximum atomic E-state index is 9.54. The van der Waals surface area contributed by atoms with E-state index in [1.54, 1.807) is 4.68 Å². The van der Waals surface area contributed by atoms with Crippen LogP contribution in [0, 0.1) is 0 Å². The number of hydrogen-bond acceptors (Lipinski definition) is 6. The Balaban J connectivity index is 1.89. The Morgan fingerprint density at radius 3 is 2.73 bits per heavy atom. The number of nitrogens with zero attached hydrogens (tertiary/aromatic N) is 3. The van der Waals surface area contributed by atoms with E-state index < -0.39 is 6.10 Å². The first-order valence-electron chi connectivity index (χ1n) is 7.32. The summed E-state index contributed by atoms with van der Waals surface area (Å²) in [7, 11) is 0. The van der Waals surface area contributed by atoms with Crippen LogP contribution in [0.1, 0.15) is 17.8 Å². The minimum atomic E-state index is -0.855. The van der Waals surface area contributed by atoms with Crippen LogP contribution < -0.4 is 10.5 Å². The first-order chi connectivity index (χ1) is 10.7. The summed E-state index contributed by atoms with van der Waals surface area (Å²) in [5, 5.41) is 26.5. The first kappa shape index (κ1) is 16.4. The first-order valence-corrected chi connectivity index (χ1v) is 7.32. The molecule has 2 aromatic rings. The van der Waals surface area contributed by atoms with Crippen molar-refractivity contribution in [2.24, 2.45) is 5.73 Å². The molecule has 0 fully saturated rings. The highest BCUT2D eigenvalue weighted by molar-refractivity contribution is 5.20. The summed E-state index contributed by atoms with van der Waals surface area (Å²) in [4.78, 5) is 0. The Labute approximate surface area is 129 Å². The predicted molar refractivity (Wildman–Crippen MR) is 81.3 cm³/mol. The van der Waals surface area contributed by atoms with Gasteiger partial charge in [0.1, 0.15) is 5.75 Å². The second-order valence-electron chi connectivity index (χ2n) is 4.97. The van der Waals surface area contributed by atoms with Gasteiger partial charge >= 0.3 is 0 Å². The fourth-order valence-electron chi connectivity index (χ4n) is 2.15. The molecule has 1 aromatic heterocycles. The van der Waals surface area contributed by atoms with E-state index in [1.807, 2.05) is 30.3 Å². The van der Waals surface area contributed by atoms with Gasteiger partial charge in [-0.1, -0.05) is 23.4 Å². The number of rotatable bonds is 9. The lowest BCUT2D eigenvalue weighted by atomic mass is 10.2. The van der Waals surface area contributed by atoms with Gasteiger partial charge in [-0.2, -0.15) is 0 Å². The maximum absolute atomic E-state index is 9.54. The van der Waals surface area contributed by atoms with Gasteiger partial charge in [0.15, 0.2) is 0 Å². The van der Waals surface area contributed by atoms with Crippen LogP contribution in [0.2, 0.25) is 0 Å². The van der Waals surface area contributed by atoms with Crippen LogP contribution >= 0.6 is 0 Å². The molecule has 0 aliphatic heterocycles. The van der Waals surface area contributed by atoms with Gasteiger partial charge < -0.3 is 20.7 Å². The van der Waals surface area contributed by atoms with Crippen molar-refractivity contribution in [3.8, 4) is 5.75 Å². The van der Waals surface area contributed by atoms with Gasteiger partial charge in [0.2, 0.25) is 0 Å². The minimum absolute atomic E-state index is 0.207. The van der Waals surface area contributed by atoms with Crippen molar-refractivity contribution < 1.29 is 14.9 Å². The second-order valence-corrected chi connectivity index (χ2v) is 4.97. The van der Waals surface area contributed by atoms with E-state index in [2.05, 4.69) is 10.3 Å². The molecule has 1 atom stereocenters. The molecule has 120 valence electrons. The lowest BCUT2D eigenvalue weighted by molar-refractivity contribution is 0.0769. The van der Waals surface area contributed by atoms with Crippen LogP contribution in [0.4, 0.5) is 0 Å². The molecule has 0 bridgehead atoms. The lowest BCUT2D eigenvalue weighted by Gasteiger charge is -2.11. The molecule has 0 amide bonds. The van der Waals surface area contributed by atoms with Gasteiger partial charge in [-0.15, -0.1) is 5.10 Å². The molecule has 4 N–H and O–H groups in total. The van der Waals surface area contributed by atoms with Crippen molar-refractivity contribution >= 4 is 0 Å². The molecule has 1 unspecified atom stereocenters. The topological polar surface area (TPSA) is 106 Å². The number of hydrogen-bond donors (Lipinski definition) is 3. The van der Waals surface area contributed by atoms with Gasteiger partial charge in [0.05, 0.1) is 37.3 Å². The van der Waals surface area contributed by atoms with E-state index >= 15 is 0 Å². The summed E-state index contributed by atoms with van der Waals surface area (Å²) in [6.07, 6.45) is 0.626. The normalized spacial score (nSPS) is 12.3. The largest absolute Gasteiger partial charge is 0.494 e. The molecule has 1 aromatic carbocycles. The SMILES string of the molecule is NCc1nnn(CC(O)CO)c1CCCOc1ccccc1. The van der Waals surface area contributed by atoms with E-state index in [9.17, 15) is 5.11 Å². The molecule has 0 saturated carbocycles. The van der Waals surface area contributed by atoms with Gasteiger partial charge in [-0.05, 0) is 25.0 Å². The number of benzene rings is 1. The Hall–Kier alpha value is -1.96. The summed E-state index contributed by atoms with van der Waals surface area (Å²) < 4.78 is 7.25. The molecule has 7 heteroatoms. The van der Waals surface area contributed by atoms with Crippen molar-refractivity contribution in [3.63, 3.8) is 0 Å². The van der Waals surface area contributed by atoms with Crippen molar-refractivity contribution in [1.29, 1.82) is 0 Å².